The molecular formula is C74H160N20O7. The number of carbonyl (C=O) groups is 7. The predicted octanol–water partition coefficient (Wildman–Crippen LogP) is 1.53. The van der Waals surface area contributed by atoms with Gasteiger partial charge in [-0.05, 0) is 219 Å². The third kappa shape index (κ3) is 53.5. The molecule has 5 amide bonds. The van der Waals surface area contributed by atoms with Gasteiger partial charge in [0.05, 0.1) is 42.3 Å². The minimum Gasteiger partial charge on any atom is -0.353 e. The Morgan fingerprint density at radius 3 is 1.09 bits per heavy atom. The lowest BCUT2D eigenvalue weighted by molar-refractivity contribution is -0.134. The molecule has 0 aliphatic carbocycles. The molecule has 1 saturated heterocycles. The van der Waals surface area contributed by atoms with Gasteiger partial charge in [0, 0.05) is 91.5 Å². The lowest BCUT2D eigenvalue weighted by Gasteiger charge is -2.34. The second-order valence-corrected chi connectivity index (χ2v) is 26.1. The fraction of sp³-hybridized carbons (Fsp3) is 0.905. The van der Waals surface area contributed by atoms with Crippen LogP contribution >= 0.6 is 0 Å². The van der Waals surface area contributed by atoms with Crippen molar-refractivity contribution in [2.45, 2.75) is 221 Å². The molecule has 0 aromatic heterocycles. The first-order valence-electron chi connectivity index (χ1n) is 39.6. The Labute approximate surface area is 617 Å². The van der Waals surface area contributed by atoms with Crippen LogP contribution in [0.2, 0.25) is 0 Å². The number of hydrogen-bond donors (Lipinski definition) is 15. The lowest BCUT2D eigenvalue weighted by atomic mass is 10.0. The Morgan fingerprint density at radius 1 is 0.386 bits per heavy atom. The third-order valence-corrected chi connectivity index (χ3v) is 18.6. The van der Waals surface area contributed by atoms with Crippen molar-refractivity contribution in [1.29, 1.82) is 0 Å². The van der Waals surface area contributed by atoms with Crippen molar-refractivity contribution in [2.75, 3.05) is 219 Å². The summed E-state index contributed by atoms with van der Waals surface area (Å²) in [5.74, 6) is 0.396. The minimum absolute atomic E-state index is 0.00933. The van der Waals surface area contributed by atoms with E-state index >= 15 is 0 Å². The highest BCUT2D eigenvalue weighted by Crippen LogP contribution is 2.10. The molecular weight excluding hydrogens is 1280 g/mol. The van der Waals surface area contributed by atoms with Crippen LogP contribution in [0.4, 0.5) is 0 Å². The van der Waals surface area contributed by atoms with E-state index in [1.54, 1.807) is 40.0 Å². The lowest BCUT2D eigenvalue weighted by Crippen LogP contribution is -2.54. The summed E-state index contributed by atoms with van der Waals surface area (Å²) in [6.07, 6.45) is 14.1. The largest absolute Gasteiger partial charge is 0.353 e. The summed E-state index contributed by atoms with van der Waals surface area (Å²) in [5, 5.41) is 47.1. The molecule has 1 rings (SSSR count). The van der Waals surface area contributed by atoms with E-state index in [1.165, 1.54) is 0 Å². The van der Waals surface area contributed by atoms with Gasteiger partial charge in [-0.25, -0.2) is 0 Å². The Morgan fingerprint density at radius 2 is 0.752 bits per heavy atom. The van der Waals surface area contributed by atoms with Crippen molar-refractivity contribution >= 4 is 41.1 Å². The zero-order valence-corrected chi connectivity index (χ0v) is 67.8. The van der Waals surface area contributed by atoms with Crippen molar-refractivity contribution in [3.05, 3.63) is 0 Å². The van der Waals surface area contributed by atoms with Crippen molar-refractivity contribution in [1.82, 2.24) is 104 Å². The molecule has 1 aliphatic rings. The molecule has 0 radical (unpaired) electrons. The Bertz CT molecular complexity index is 1930. The number of likely N-dealkylation sites (N-methyl/N-ethyl adjacent to an activating group) is 10. The highest BCUT2D eigenvalue weighted by atomic mass is 16.2. The minimum atomic E-state index is -0.350. The topological polar surface area (TPSA) is 316 Å². The summed E-state index contributed by atoms with van der Waals surface area (Å²) >= 11 is 0. The number of Topliss-reactive ketones (excluding diaryl/α,β-unsaturated/α-hetero) is 2. The van der Waals surface area contributed by atoms with Crippen LogP contribution in [0, 0.1) is 0 Å². The zero-order valence-electron chi connectivity index (χ0n) is 67.8. The smallest absolute Gasteiger partial charge is 0.241 e. The molecule has 0 aromatic carbocycles. The summed E-state index contributed by atoms with van der Waals surface area (Å²) < 4.78 is 0. The second-order valence-electron chi connectivity index (χ2n) is 26.1. The van der Waals surface area contributed by atoms with E-state index in [1.807, 2.05) is 41.9 Å². The molecule has 7 unspecified atom stereocenters. The number of nitrogens with one attached hydrogen (secondary N) is 15. The van der Waals surface area contributed by atoms with Crippen LogP contribution in [0.25, 0.3) is 0 Å². The number of unbranched alkanes of at least 4 members (excludes halogenated alkanes) is 5. The predicted molar refractivity (Wildman–Crippen MR) is 422 cm³/mol. The molecule has 0 aromatic rings. The first-order valence-corrected chi connectivity index (χ1v) is 39.6. The van der Waals surface area contributed by atoms with Crippen molar-refractivity contribution in [2.24, 2.45) is 0 Å². The molecule has 1 aliphatic heterocycles. The van der Waals surface area contributed by atoms with Gasteiger partial charge in [-0.3, -0.25) is 33.6 Å². The summed E-state index contributed by atoms with van der Waals surface area (Å²) in [4.78, 5) is 98.8. The molecule has 1 heterocycles. The van der Waals surface area contributed by atoms with Gasteiger partial charge in [-0.2, -0.15) is 0 Å². The monoisotopic (exact) mass is 1440 g/mol. The Hall–Kier alpha value is -3.91. The molecule has 0 bridgehead atoms. The molecule has 27 nitrogen and oxygen atoms in total. The van der Waals surface area contributed by atoms with Crippen LogP contribution in [-0.2, 0) is 33.6 Å². The van der Waals surface area contributed by atoms with Gasteiger partial charge in [0.15, 0.2) is 5.78 Å². The number of ketones is 2. The number of carbonyl (C=O) groups excluding carboxylic acids is 7. The van der Waals surface area contributed by atoms with Crippen LogP contribution in [0.3, 0.4) is 0 Å². The van der Waals surface area contributed by atoms with Gasteiger partial charge in [-0.15, -0.1) is 0 Å². The van der Waals surface area contributed by atoms with Gasteiger partial charge >= 0.3 is 0 Å². The van der Waals surface area contributed by atoms with Gasteiger partial charge < -0.3 is 104 Å². The number of rotatable bonds is 56. The average Bonchev–Trinajstić information content (AvgIpc) is 0.911. The summed E-state index contributed by atoms with van der Waals surface area (Å²) in [7, 11) is 12.9. The number of hydrogen-bond acceptors (Lipinski definition) is 22. The average molecular weight is 1440 g/mol. The maximum atomic E-state index is 13.5. The fourth-order valence-electron chi connectivity index (χ4n) is 11.4. The summed E-state index contributed by atoms with van der Waals surface area (Å²) in [5.41, 5.74) is 0. The quantitative estimate of drug-likeness (QED) is 0.0384. The Balaban J connectivity index is -0.00000139. The molecule has 101 heavy (non-hydrogen) atoms. The van der Waals surface area contributed by atoms with Gasteiger partial charge in [0.25, 0.3) is 0 Å². The van der Waals surface area contributed by atoms with Gasteiger partial charge in [0.1, 0.15) is 5.78 Å². The third-order valence-electron chi connectivity index (χ3n) is 18.6. The maximum absolute atomic E-state index is 13.5. The Kier molecular flexibility index (Phi) is 71.9. The van der Waals surface area contributed by atoms with E-state index in [4.69, 9.17) is 0 Å². The molecule has 1 fully saturated rings. The standard InChI is InChI=1S/C28H61N9O3.C21H46N6O.C20H42N4O2.C5H11NO/c1-29-16-10-7-13-23(32-4)26(38)35-19-21-37(28(40)25(34-6)15-9-12-18-31-3)22-20-36-27(39)24(33-5)14-8-11-17-30-2;1-6-22-19-20(23-7-2)21(28)27-17-15-25(9-4)13-11-24(8-3)12-14-26(10-5)16-18-27;1-5-19(25)17(13-9-11-15-21-6-2)24-20(26)18(23-8-4)14-10-12-16-22-7-3;1-4(6-3)5(2)7/h23-25,29-34H,7-22H2,1-6H3,(H,35,38)(H,36,39);20,22-23H,6-19H2,1-5H3;17-18,21-23H,5-16H2,1-4H3,(H,24,26);4,6H,1-3H3. The van der Waals surface area contributed by atoms with Crippen LogP contribution in [0.15, 0.2) is 0 Å². The molecule has 598 valence electrons. The van der Waals surface area contributed by atoms with E-state index in [-0.39, 0.29) is 83.4 Å². The summed E-state index contributed by atoms with van der Waals surface area (Å²) in [6, 6.07) is -1.52. The van der Waals surface area contributed by atoms with Gasteiger partial charge in [-0.1, -0.05) is 88.0 Å². The van der Waals surface area contributed by atoms with E-state index < -0.39 is 0 Å². The highest BCUT2D eigenvalue weighted by molar-refractivity contribution is 5.90. The van der Waals surface area contributed by atoms with E-state index in [2.05, 4.69) is 148 Å². The summed E-state index contributed by atoms with van der Waals surface area (Å²) in [6.45, 7) is 44.6. The second kappa shape index (κ2) is 71.7. The molecule has 27 heteroatoms. The van der Waals surface area contributed by atoms with Crippen molar-refractivity contribution in [3.8, 4) is 0 Å². The fourth-order valence-corrected chi connectivity index (χ4v) is 11.4. The van der Waals surface area contributed by atoms with Crippen molar-refractivity contribution in [3.63, 3.8) is 0 Å². The van der Waals surface area contributed by atoms with E-state index in [0.717, 1.165) is 234 Å². The molecule has 7 atom stereocenters. The van der Waals surface area contributed by atoms with E-state index in [9.17, 15) is 33.6 Å². The van der Waals surface area contributed by atoms with Crippen LogP contribution in [-0.4, -0.2) is 327 Å². The van der Waals surface area contributed by atoms with Gasteiger partial charge in [0.2, 0.25) is 29.5 Å². The first-order chi connectivity index (χ1) is 48.8. The molecule has 0 spiro atoms. The highest BCUT2D eigenvalue weighted by Gasteiger charge is 2.28. The number of nitrogens with zero attached hydrogens (tertiary/aromatic N) is 5. The molecule has 0 saturated carbocycles. The SMILES string of the molecule is CCNCC(NCC)C(=O)N1CCN(CC)CCN(CC)CCN(CC)CC1.CCNCCCCC(NC(=O)C(CCCCNCC)NCC)C(=O)CC.CNC(C)C(C)=O.CNCCCCC(NC)C(=O)NCCN(CCNC(=O)C(CCCCNC)NC)C(=O)C(CCCCNC)NC. The maximum Gasteiger partial charge on any atom is 0.241 e. The van der Waals surface area contributed by atoms with Crippen LogP contribution in [0.5, 0.6) is 0 Å². The molecule has 15 N–H and O–H groups in total. The van der Waals surface area contributed by atoms with Crippen molar-refractivity contribution < 1.29 is 33.6 Å². The normalized spacial score (nSPS) is 15.4. The zero-order chi connectivity index (χ0) is 76.3. The number of amides is 5. The van der Waals surface area contributed by atoms with Crippen LogP contribution in [0.1, 0.15) is 179 Å². The van der Waals surface area contributed by atoms with Crippen LogP contribution < -0.4 is 79.8 Å². The van der Waals surface area contributed by atoms with E-state index in [0.29, 0.717) is 39.1 Å². The first kappa shape index (κ1) is 101.